The van der Waals surface area contributed by atoms with Crippen molar-refractivity contribution in [2.45, 2.75) is 26.9 Å². The lowest BCUT2D eigenvalue weighted by atomic mass is 10.1. The maximum Gasteiger partial charge on any atom is 0.220 e. The van der Waals surface area contributed by atoms with Crippen LogP contribution in [-0.4, -0.2) is 20.4 Å². The lowest BCUT2D eigenvalue weighted by molar-refractivity contribution is -0.130. The van der Waals surface area contributed by atoms with Gasteiger partial charge in [0.15, 0.2) is 0 Å². The van der Waals surface area contributed by atoms with Crippen LogP contribution < -0.4 is 10.1 Å². The number of nitriles is 1. The Hall–Kier alpha value is -5.09. The molecular weight excluding hydrogens is 474 g/mol. The molecule has 2 heterocycles. The van der Waals surface area contributed by atoms with Crippen molar-refractivity contribution in [2.75, 3.05) is 5.32 Å². The van der Waals surface area contributed by atoms with Gasteiger partial charge in [-0.2, -0.15) is 10.4 Å². The first-order valence-electron chi connectivity index (χ1n) is 12.3. The number of carbonyl (C=O) groups is 1. The second-order valence-corrected chi connectivity index (χ2v) is 9.04. The van der Waals surface area contributed by atoms with Crippen LogP contribution in [0, 0.1) is 18.3 Å². The summed E-state index contributed by atoms with van der Waals surface area (Å²) in [5, 5.41) is 17.7. The number of hydrogen-bond donors (Lipinski definition) is 1. The van der Waals surface area contributed by atoms with Crippen LogP contribution in [0.25, 0.3) is 5.52 Å². The highest BCUT2D eigenvalue weighted by Gasteiger charge is 2.19. The molecule has 0 aliphatic rings. The quantitative estimate of drug-likeness (QED) is 0.259. The molecule has 3 aromatic carbocycles. The molecule has 7 heteroatoms. The van der Waals surface area contributed by atoms with Gasteiger partial charge in [0.25, 0.3) is 0 Å². The number of ether oxygens (including phenoxy) is 1. The summed E-state index contributed by atoms with van der Waals surface area (Å²) < 4.78 is 7.66. The summed E-state index contributed by atoms with van der Waals surface area (Å²) in [5.41, 5.74) is 5.70. The Morgan fingerprint density at radius 3 is 2.29 bits per heavy atom. The summed E-state index contributed by atoms with van der Waals surface area (Å²) in [5.74, 6) is 1.47. The molecule has 0 atom stereocenters. The Bertz CT molecular complexity index is 1600. The molecule has 2 aromatic heterocycles. The average Bonchev–Trinajstić information content (AvgIpc) is 3.26. The highest BCUT2D eigenvalue weighted by molar-refractivity contribution is 5.85. The van der Waals surface area contributed by atoms with Crippen LogP contribution in [-0.2, 0) is 17.9 Å². The number of nitrogens with one attached hydrogen (secondary N) is 1. The Balaban J connectivity index is 1.43. The SMILES string of the molecule is CC(=O)N(Cc1ccccc1)Cc1cn2ncc(C#N)c(Nc3ccc(Oc4ccccc4)cc3)c2c1C. The van der Waals surface area contributed by atoms with Gasteiger partial charge in [0.05, 0.1) is 23.0 Å². The Labute approximate surface area is 221 Å². The number of carbonyl (C=O) groups excluding carboxylic acids is 1. The van der Waals surface area contributed by atoms with Crippen LogP contribution in [0.5, 0.6) is 11.5 Å². The number of hydrogen-bond acceptors (Lipinski definition) is 5. The minimum atomic E-state index is -0.00894. The molecule has 0 spiro atoms. The number of aryl methyl sites for hydroxylation is 1. The first kappa shape index (κ1) is 24.6. The highest BCUT2D eigenvalue weighted by atomic mass is 16.5. The number of fused-ring (bicyclic) bond motifs is 1. The van der Waals surface area contributed by atoms with E-state index in [2.05, 4.69) is 16.5 Å². The van der Waals surface area contributed by atoms with E-state index in [9.17, 15) is 10.1 Å². The molecule has 0 aliphatic heterocycles. The number of nitrogens with zero attached hydrogens (tertiary/aromatic N) is 4. The van der Waals surface area contributed by atoms with Crippen molar-refractivity contribution in [1.82, 2.24) is 14.5 Å². The predicted octanol–water partition coefficient (Wildman–Crippen LogP) is 6.60. The zero-order valence-electron chi connectivity index (χ0n) is 21.3. The summed E-state index contributed by atoms with van der Waals surface area (Å²) in [4.78, 5) is 14.3. The van der Waals surface area contributed by atoms with Gasteiger partial charge in [0.1, 0.15) is 17.6 Å². The first-order chi connectivity index (χ1) is 18.5. The molecule has 1 N–H and O–H groups in total. The highest BCUT2D eigenvalue weighted by Crippen LogP contribution is 2.32. The van der Waals surface area contributed by atoms with Crippen molar-refractivity contribution in [3.8, 4) is 17.6 Å². The summed E-state index contributed by atoms with van der Waals surface area (Å²) >= 11 is 0. The zero-order chi connectivity index (χ0) is 26.5. The van der Waals surface area contributed by atoms with Crippen molar-refractivity contribution in [1.29, 1.82) is 5.26 Å². The van der Waals surface area contributed by atoms with E-state index in [4.69, 9.17) is 4.74 Å². The zero-order valence-corrected chi connectivity index (χ0v) is 21.3. The van der Waals surface area contributed by atoms with Crippen LogP contribution in [0.1, 0.15) is 29.2 Å². The topological polar surface area (TPSA) is 82.7 Å². The number of anilines is 2. The van der Waals surface area contributed by atoms with E-state index < -0.39 is 0 Å². The summed E-state index contributed by atoms with van der Waals surface area (Å²) in [6, 6.07) is 29.4. The largest absolute Gasteiger partial charge is 0.457 e. The number of aromatic nitrogens is 2. The fourth-order valence-corrected chi connectivity index (χ4v) is 4.37. The van der Waals surface area contributed by atoms with E-state index in [1.54, 1.807) is 22.5 Å². The molecule has 38 heavy (non-hydrogen) atoms. The van der Waals surface area contributed by atoms with E-state index in [-0.39, 0.29) is 5.91 Å². The standard InChI is InChI=1S/C31H27N5O2/c1-22-26(20-35(23(2)37)19-24-9-5-3-6-10-24)21-36-31(22)30(25(17-32)18-33-36)34-27-13-15-29(16-14-27)38-28-11-7-4-8-12-28/h3-16,18,21,34H,19-20H2,1-2H3. The molecule has 0 bridgehead atoms. The van der Waals surface area contributed by atoms with Crippen LogP contribution in [0.4, 0.5) is 11.4 Å². The number of rotatable bonds is 8. The molecule has 5 aromatic rings. The van der Waals surface area contributed by atoms with E-state index >= 15 is 0 Å². The monoisotopic (exact) mass is 501 g/mol. The molecule has 0 unspecified atom stereocenters. The van der Waals surface area contributed by atoms with Gasteiger partial charge in [-0.3, -0.25) is 4.79 Å². The van der Waals surface area contributed by atoms with Gasteiger partial charge in [0.2, 0.25) is 5.91 Å². The second kappa shape index (κ2) is 10.9. The number of benzene rings is 3. The first-order valence-corrected chi connectivity index (χ1v) is 12.3. The minimum absolute atomic E-state index is 0.00894. The van der Waals surface area contributed by atoms with Crippen molar-refractivity contribution in [3.05, 3.63) is 120 Å². The van der Waals surface area contributed by atoms with Crippen LogP contribution in [0.3, 0.4) is 0 Å². The van der Waals surface area contributed by atoms with Gasteiger partial charge in [0, 0.05) is 31.9 Å². The average molecular weight is 502 g/mol. The molecule has 1 amide bonds. The van der Waals surface area contributed by atoms with Gasteiger partial charge in [-0.25, -0.2) is 4.52 Å². The molecule has 0 saturated heterocycles. The van der Waals surface area contributed by atoms with E-state index in [0.717, 1.165) is 33.6 Å². The lowest BCUT2D eigenvalue weighted by Crippen LogP contribution is -2.27. The predicted molar refractivity (Wildman–Crippen MR) is 147 cm³/mol. The third-order valence-electron chi connectivity index (χ3n) is 6.41. The smallest absolute Gasteiger partial charge is 0.220 e. The minimum Gasteiger partial charge on any atom is -0.457 e. The molecule has 0 aliphatic carbocycles. The van der Waals surface area contributed by atoms with Crippen molar-refractivity contribution < 1.29 is 9.53 Å². The fourth-order valence-electron chi connectivity index (χ4n) is 4.37. The van der Waals surface area contributed by atoms with Gasteiger partial charge in [-0.05, 0) is 60.0 Å². The molecule has 7 nitrogen and oxygen atoms in total. The Kier molecular flexibility index (Phi) is 7.05. The maximum absolute atomic E-state index is 12.5. The van der Waals surface area contributed by atoms with Crippen molar-refractivity contribution in [2.24, 2.45) is 0 Å². The van der Waals surface area contributed by atoms with Crippen LogP contribution in [0.2, 0.25) is 0 Å². The normalized spacial score (nSPS) is 10.7. The molecular formula is C31H27N5O2. The summed E-state index contributed by atoms with van der Waals surface area (Å²) in [6.07, 6.45) is 3.48. The van der Waals surface area contributed by atoms with Crippen molar-refractivity contribution >= 4 is 22.8 Å². The van der Waals surface area contributed by atoms with Gasteiger partial charge in [-0.1, -0.05) is 48.5 Å². The second-order valence-electron chi connectivity index (χ2n) is 9.04. The molecule has 188 valence electrons. The molecule has 0 fully saturated rings. The van der Waals surface area contributed by atoms with Gasteiger partial charge >= 0.3 is 0 Å². The Morgan fingerprint density at radius 2 is 1.63 bits per heavy atom. The van der Waals surface area contributed by atoms with E-state index in [1.165, 1.54) is 0 Å². The molecule has 5 rings (SSSR count). The maximum atomic E-state index is 12.5. The fraction of sp³-hybridized carbons (Fsp3) is 0.129. The van der Waals surface area contributed by atoms with Crippen LogP contribution >= 0.6 is 0 Å². The van der Waals surface area contributed by atoms with E-state index in [0.29, 0.717) is 30.1 Å². The summed E-state index contributed by atoms with van der Waals surface area (Å²) in [6.45, 7) is 4.53. The number of amides is 1. The Morgan fingerprint density at radius 1 is 0.974 bits per heavy atom. The number of para-hydroxylation sites is 1. The molecule has 0 radical (unpaired) electrons. The van der Waals surface area contributed by atoms with E-state index in [1.807, 2.05) is 98.0 Å². The lowest BCUT2D eigenvalue weighted by Gasteiger charge is -2.21. The van der Waals surface area contributed by atoms with Gasteiger partial charge < -0.3 is 15.0 Å². The third kappa shape index (κ3) is 5.35. The molecule has 0 saturated carbocycles. The summed E-state index contributed by atoms with van der Waals surface area (Å²) in [7, 11) is 0. The van der Waals surface area contributed by atoms with Gasteiger partial charge in [-0.15, -0.1) is 0 Å². The van der Waals surface area contributed by atoms with Crippen LogP contribution in [0.15, 0.2) is 97.3 Å². The third-order valence-corrected chi connectivity index (χ3v) is 6.41. The van der Waals surface area contributed by atoms with Crippen molar-refractivity contribution in [3.63, 3.8) is 0 Å².